The molecule has 1 aromatic heterocycles. The van der Waals surface area contributed by atoms with Gasteiger partial charge >= 0.3 is 0 Å². The predicted molar refractivity (Wildman–Crippen MR) is 95.5 cm³/mol. The Balaban J connectivity index is 1.32. The van der Waals surface area contributed by atoms with Crippen molar-refractivity contribution < 1.29 is 0 Å². The van der Waals surface area contributed by atoms with Crippen LogP contribution in [0.2, 0.25) is 0 Å². The maximum absolute atomic E-state index is 4.59. The Hall–Kier alpha value is -1.45. The van der Waals surface area contributed by atoms with Crippen molar-refractivity contribution in [2.45, 2.75) is 45.2 Å². The molecule has 23 heavy (non-hydrogen) atoms. The van der Waals surface area contributed by atoms with Crippen molar-refractivity contribution in [3.05, 3.63) is 41.6 Å². The third-order valence-electron chi connectivity index (χ3n) is 5.28. The molecule has 3 heteroatoms. The minimum atomic E-state index is 0.746. The number of hydrogen-bond acceptors (Lipinski definition) is 3. The molecule has 0 unspecified atom stereocenters. The standard InChI is InChI=1S/C20H27N3/c1-15-2-6-18-12-17(5-7-20(18)22-15)14-23-10-8-19(9-11-23)21-13-16-3-4-16/h2,5-7,12,16,19,21H,3-4,8-11,13-14H2,1H3. The highest BCUT2D eigenvalue weighted by Gasteiger charge is 2.24. The second kappa shape index (κ2) is 6.58. The second-order valence-electron chi connectivity index (χ2n) is 7.38. The summed E-state index contributed by atoms with van der Waals surface area (Å²) in [6.45, 7) is 6.80. The van der Waals surface area contributed by atoms with Gasteiger partial charge in [-0.25, -0.2) is 0 Å². The maximum Gasteiger partial charge on any atom is 0.0705 e. The van der Waals surface area contributed by atoms with Crippen LogP contribution in [0, 0.1) is 12.8 Å². The number of fused-ring (bicyclic) bond motifs is 1. The van der Waals surface area contributed by atoms with E-state index in [1.54, 1.807) is 0 Å². The lowest BCUT2D eigenvalue weighted by Gasteiger charge is -2.32. The quantitative estimate of drug-likeness (QED) is 0.916. The number of piperidine rings is 1. The molecule has 122 valence electrons. The van der Waals surface area contributed by atoms with Gasteiger partial charge in [0, 0.05) is 23.7 Å². The van der Waals surface area contributed by atoms with Crippen molar-refractivity contribution in [2.24, 2.45) is 5.92 Å². The van der Waals surface area contributed by atoms with Crippen LogP contribution >= 0.6 is 0 Å². The highest BCUT2D eigenvalue weighted by atomic mass is 15.1. The minimum absolute atomic E-state index is 0.746. The van der Waals surface area contributed by atoms with Gasteiger partial charge in [0.1, 0.15) is 0 Å². The van der Waals surface area contributed by atoms with E-state index < -0.39 is 0 Å². The van der Waals surface area contributed by atoms with Crippen LogP contribution in [0.15, 0.2) is 30.3 Å². The van der Waals surface area contributed by atoms with Crippen molar-refractivity contribution >= 4 is 10.9 Å². The Labute approximate surface area is 139 Å². The van der Waals surface area contributed by atoms with Crippen molar-refractivity contribution in [3.63, 3.8) is 0 Å². The molecule has 4 rings (SSSR count). The van der Waals surface area contributed by atoms with Gasteiger partial charge in [-0.2, -0.15) is 0 Å². The second-order valence-corrected chi connectivity index (χ2v) is 7.38. The normalized spacial score (nSPS) is 20.2. The van der Waals surface area contributed by atoms with Crippen LogP contribution in [0.25, 0.3) is 10.9 Å². The summed E-state index contributed by atoms with van der Waals surface area (Å²) in [4.78, 5) is 7.19. The van der Waals surface area contributed by atoms with Crippen molar-refractivity contribution in [2.75, 3.05) is 19.6 Å². The number of hydrogen-bond donors (Lipinski definition) is 1. The van der Waals surface area contributed by atoms with Crippen LogP contribution in [0.1, 0.15) is 36.9 Å². The van der Waals surface area contributed by atoms with Gasteiger partial charge in [-0.05, 0) is 81.9 Å². The van der Waals surface area contributed by atoms with Gasteiger partial charge < -0.3 is 5.32 Å². The number of likely N-dealkylation sites (tertiary alicyclic amines) is 1. The van der Waals surface area contributed by atoms with E-state index in [2.05, 4.69) is 52.5 Å². The third kappa shape index (κ3) is 3.91. The van der Waals surface area contributed by atoms with E-state index in [0.717, 1.165) is 29.7 Å². The van der Waals surface area contributed by atoms with Crippen molar-refractivity contribution in [1.82, 2.24) is 15.2 Å². The SMILES string of the molecule is Cc1ccc2cc(CN3CCC(NCC4CC4)CC3)ccc2n1. The average molecular weight is 309 g/mol. The number of rotatable bonds is 5. The van der Waals surface area contributed by atoms with Gasteiger partial charge in [0.2, 0.25) is 0 Å². The van der Waals surface area contributed by atoms with E-state index >= 15 is 0 Å². The van der Waals surface area contributed by atoms with Crippen LogP contribution in [-0.2, 0) is 6.54 Å². The Morgan fingerprint density at radius 1 is 1.09 bits per heavy atom. The fourth-order valence-electron chi connectivity index (χ4n) is 3.58. The third-order valence-corrected chi connectivity index (χ3v) is 5.28. The van der Waals surface area contributed by atoms with Crippen LogP contribution in [0.5, 0.6) is 0 Å². The van der Waals surface area contributed by atoms with E-state index in [-0.39, 0.29) is 0 Å². The van der Waals surface area contributed by atoms with E-state index in [1.807, 2.05) is 0 Å². The van der Waals surface area contributed by atoms with E-state index in [0.29, 0.717) is 0 Å². The zero-order chi connectivity index (χ0) is 15.6. The lowest BCUT2D eigenvalue weighted by atomic mass is 10.0. The zero-order valence-electron chi connectivity index (χ0n) is 14.1. The molecule has 2 aromatic rings. The predicted octanol–water partition coefficient (Wildman–Crippen LogP) is 3.51. The Kier molecular flexibility index (Phi) is 4.32. The fourth-order valence-corrected chi connectivity index (χ4v) is 3.58. The monoisotopic (exact) mass is 309 g/mol. The number of nitrogens with zero attached hydrogens (tertiary/aromatic N) is 2. The van der Waals surface area contributed by atoms with Crippen LogP contribution in [0.3, 0.4) is 0 Å². The van der Waals surface area contributed by atoms with Crippen molar-refractivity contribution in [1.29, 1.82) is 0 Å². The first kappa shape index (κ1) is 15.1. The van der Waals surface area contributed by atoms with Gasteiger partial charge in [0.15, 0.2) is 0 Å². The molecule has 1 aliphatic carbocycles. The first-order chi connectivity index (χ1) is 11.3. The highest BCUT2D eigenvalue weighted by molar-refractivity contribution is 5.79. The van der Waals surface area contributed by atoms with Crippen molar-refractivity contribution in [3.8, 4) is 0 Å². The lowest BCUT2D eigenvalue weighted by Crippen LogP contribution is -2.42. The van der Waals surface area contributed by atoms with E-state index in [1.165, 1.54) is 56.3 Å². The maximum atomic E-state index is 4.59. The van der Waals surface area contributed by atoms with Gasteiger partial charge in [-0.3, -0.25) is 9.88 Å². The molecular weight excluding hydrogens is 282 g/mol. The number of aryl methyl sites for hydroxylation is 1. The van der Waals surface area contributed by atoms with Crippen LogP contribution in [0.4, 0.5) is 0 Å². The van der Waals surface area contributed by atoms with Gasteiger partial charge in [0.25, 0.3) is 0 Å². The van der Waals surface area contributed by atoms with Crippen LogP contribution in [-0.4, -0.2) is 35.6 Å². The Bertz CT molecular complexity index is 670. The topological polar surface area (TPSA) is 28.2 Å². The molecule has 0 spiro atoms. The molecule has 0 bridgehead atoms. The molecule has 1 aliphatic heterocycles. The fraction of sp³-hybridized carbons (Fsp3) is 0.550. The van der Waals surface area contributed by atoms with E-state index in [4.69, 9.17) is 0 Å². The number of pyridine rings is 1. The summed E-state index contributed by atoms with van der Waals surface area (Å²) in [7, 11) is 0. The van der Waals surface area contributed by atoms with Gasteiger partial charge in [0.05, 0.1) is 5.52 Å². The summed E-state index contributed by atoms with van der Waals surface area (Å²) in [5.74, 6) is 0.989. The van der Waals surface area contributed by atoms with Crippen LogP contribution < -0.4 is 5.32 Å². The molecule has 2 heterocycles. The molecule has 1 N–H and O–H groups in total. The van der Waals surface area contributed by atoms with E-state index in [9.17, 15) is 0 Å². The lowest BCUT2D eigenvalue weighted by molar-refractivity contribution is 0.190. The summed E-state index contributed by atoms with van der Waals surface area (Å²) in [5, 5.41) is 5.02. The number of benzene rings is 1. The van der Waals surface area contributed by atoms with Gasteiger partial charge in [-0.15, -0.1) is 0 Å². The molecule has 0 amide bonds. The molecule has 1 aromatic carbocycles. The number of aromatic nitrogens is 1. The summed E-state index contributed by atoms with van der Waals surface area (Å²) in [5.41, 5.74) is 3.61. The van der Waals surface area contributed by atoms with Gasteiger partial charge in [-0.1, -0.05) is 12.1 Å². The Morgan fingerprint density at radius 3 is 2.70 bits per heavy atom. The summed E-state index contributed by atoms with van der Waals surface area (Å²) in [6.07, 6.45) is 5.48. The molecule has 2 aliphatic rings. The molecule has 1 saturated carbocycles. The Morgan fingerprint density at radius 2 is 1.91 bits per heavy atom. The first-order valence-electron chi connectivity index (χ1n) is 9.08. The molecule has 0 atom stereocenters. The summed E-state index contributed by atoms with van der Waals surface area (Å²) < 4.78 is 0. The molecule has 1 saturated heterocycles. The summed E-state index contributed by atoms with van der Waals surface area (Å²) >= 11 is 0. The smallest absolute Gasteiger partial charge is 0.0705 e. The summed E-state index contributed by atoms with van der Waals surface area (Å²) in [6, 6.07) is 11.8. The molecule has 2 fully saturated rings. The molecular formula is C20H27N3. The zero-order valence-corrected chi connectivity index (χ0v) is 14.1. The molecule has 0 radical (unpaired) electrons. The number of nitrogens with one attached hydrogen (secondary N) is 1. The highest BCUT2D eigenvalue weighted by Crippen LogP contribution is 2.28. The average Bonchev–Trinajstić information content (AvgIpc) is 3.39. The minimum Gasteiger partial charge on any atom is -0.314 e. The first-order valence-corrected chi connectivity index (χ1v) is 9.08. The largest absolute Gasteiger partial charge is 0.314 e. The molecule has 3 nitrogen and oxygen atoms in total.